The van der Waals surface area contributed by atoms with Gasteiger partial charge in [-0.05, 0) is 85.9 Å². The maximum Gasteiger partial charge on any atom is 0.129 e. The Bertz CT molecular complexity index is 567. The van der Waals surface area contributed by atoms with Gasteiger partial charge in [-0.15, -0.1) is 0 Å². The Balaban J connectivity index is 1.55. The number of oxime groups is 1. The average Bonchev–Trinajstić information content (AvgIpc) is 2.92. The Morgan fingerprint density at radius 1 is 1.08 bits per heavy atom. The molecule has 4 rings (SSSR count). The summed E-state index contributed by atoms with van der Waals surface area (Å²) in [7, 11) is 0. The summed E-state index contributed by atoms with van der Waals surface area (Å²) in [4.78, 5) is 5.31. The number of hydrogen-bond donors (Lipinski definition) is 3. The lowest BCUT2D eigenvalue weighted by atomic mass is 9.44. The summed E-state index contributed by atoms with van der Waals surface area (Å²) >= 11 is 0. The van der Waals surface area contributed by atoms with Crippen LogP contribution in [0.15, 0.2) is 5.16 Å². The fourth-order valence-electron chi connectivity index (χ4n) is 7.35. The summed E-state index contributed by atoms with van der Waals surface area (Å²) in [5.41, 5.74) is 6.83. The van der Waals surface area contributed by atoms with E-state index in [-0.39, 0.29) is 29.0 Å². The number of rotatable bonds is 3. The lowest BCUT2D eigenvalue weighted by molar-refractivity contribution is -0.153. The van der Waals surface area contributed by atoms with Gasteiger partial charge < -0.3 is 20.8 Å². The van der Waals surface area contributed by atoms with Gasteiger partial charge in [-0.25, -0.2) is 0 Å². The average molecular weight is 365 g/mol. The number of fused-ring (bicyclic) bond motifs is 5. The summed E-state index contributed by atoms with van der Waals surface area (Å²) in [6.07, 6.45) is 7.81. The summed E-state index contributed by atoms with van der Waals surface area (Å²) in [5, 5.41) is 26.0. The molecule has 3 unspecified atom stereocenters. The lowest BCUT2D eigenvalue weighted by Gasteiger charge is -2.61. The highest BCUT2D eigenvalue weighted by atomic mass is 16.6. The normalized spacial score (nSPS) is 52.3. The molecule has 4 fully saturated rings. The van der Waals surface area contributed by atoms with Crippen molar-refractivity contribution in [3.63, 3.8) is 0 Å². The molecule has 0 spiro atoms. The minimum absolute atomic E-state index is 0.0709. The predicted molar refractivity (Wildman–Crippen MR) is 102 cm³/mol. The Morgan fingerprint density at radius 3 is 2.62 bits per heavy atom. The first kappa shape index (κ1) is 18.7. The van der Waals surface area contributed by atoms with Crippen LogP contribution in [0.3, 0.4) is 0 Å². The zero-order chi connectivity index (χ0) is 18.5. The van der Waals surface area contributed by atoms with E-state index < -0.39 is 0 Å². The van der Waals surface area contributed by atoms with Gasteiger partial charge in [0.2, 0.25) is 0 Å². The molecular formula is C21H36N2O3. The monoisotopic (exact) mass is 364 g/mol. The Hall–Kier alpha value is -0.650. The summed E-state index contributed by atoms with van der Waals surface area (Å²) in [6.45, 7) is 5.66. The molecule has 0 aromatic carbocycles. The van der Waals surface area contributed by atoms with Crippen molar-refractivity contribution in [1.82, 2.24) is 0 Å². The topological polar surface area (TPSA) is 88.1 Å². The van der Waals surface area contributed by atoms with Crippen LogP contribution in [0.5, 0.6) is 0 Å². The Labute approximate surface area is 157 Å². The van der Waals surface area contributed by atoms with Gasteiger partial charge in [-0.1, -0.05) is 19.0 Å². The van der Waals surface area contributed by atoms with E-state index >= 15 is 0 Å². The van der Waals surface area contributed by atoms with Gasteiger partial charge in [0.05, 0.1) is 17.9 Å². The molecule has 0 amide bonds. The van der Waals surface area contributed by atoms with Gasteiger partial charge >= 0.3 is 0 Å². The molecule has 4 aliphatic carbocycles. The zero-order valence-corrected chi connectivity index (χ0v) is 16.4. The molecule has 148 valence electrons. The van der Waals surface area contributed by atoms with Crippen LogP contribution in [0.4, 0.5) is 0 Å². The third-order valence-corrected chi connectivity index (χ3v) is 8.87. The van der Waals surface area contributed by atoms with Crippen LogP contribution in [0, 0.1) is 34.5 Å². The smallest absolute Gasteiger partial charge is 0.129 e. The molecule has 0 bridgehead atoms. The van der Waals surface area contributed by atoms with Crippen LogP contribution in [-0.2, 0) is 4.84 Å². The van der Waals surface area contributed by atoms with E-state index in [9.17, 15) is 10.2 Å². The van der Waals surface area contributed by atoms with E-state index in [4.69, 9.17) is 10.6 Å². The van der Waals surface area contributed by atoms with Crippen LogP contribution in [0.2, 0.25) is 0 Å². The molecule has 26 heavy (non-hydrogen) atoms. The molecule has 0 saturated heterocycles. The molecule has 0 radical (unpaired) electrons. The summed E-state index contributed by atoms with van der Waals surface area (Å²) in [5.74, 6) is 2.10. The van der Waals surface area contributed by atoms with E-state index in [1.807, 2.05) is 0 Å². The van der Waals surface area contributed by atoms with Crippen molar-refractivity contribution in [3.8, 4) is 0 Å². The van der Waals surface area contributed by atoms with E-state index in [0.717, 1.165) is 50.7 Å². The summed E-state index contributed by atoms with van der Waals surface area (Å²) in [6, 6.07) is 0. The van der Waals surface area contributed by atoms with Gasteiger partial charge in [0.15, 0.2) is 0 Å². The summed E-state index contributed by atoms with van der Waals surface area (Å²) < 4.78 is 0. The highest BCUT2D eigenvalue weighted by molar-refractivity contribution is 5.85. The van der Waals surface area contributed by atoms with Crippen molar-refractivity contribution < 1.29 is 15.1 Å². The molecule has 8 atom stereocenters. The van der Waals surface area contributed by atoms with E-state index in [1.165, 1.54) is 6.42 Å². The minimum Gasteiger partial charge on any atom is -0.395 e. The number of nitrogens with two attached hydrogens (primary N) is 1. The molecule has 4 aliphatic rings. The first-order valence-corrected chi connectivity index (χ1v) is 10.6. The standard InChI is InChI=1S/C21H36N2O3/c1-20-7-5-13(23-26-10-9-22)11-17(20)18(24)12-14-15-3-4-19(25)21(15,2)8-6-16(14)20/h14-19,24-25H,3-12,22H2,1-2H3/b23-13-/t14-,15-,16+,17?,18?,19?,20+,21-/m0/s1. The van der Waals surface area contributed by atoms with E-state index in [0.29, 0.717) is 30.9 Å². The highest BCUT2D eigenvalue weighted by Gasteiger charge is 2.61. The van der Waals surface area contributed by atoms with E-state index in [2.05, 4.69) is 19.0 Å². The Morgan fingerprint density at radius 2 is 1.85 bits per heavy atom. The fraction of sp³-hybridized carbons (Fsp3) is 0.952. The third kappa shape index (κ3) is 2.73. The second-order valence-corrected chi connectivity index (χ2v) is 9.91. The number of hydrogen-bond acceptors (Lipinski definition) is 5. The predicted octanol–water partition coefficient (Wildman–Crippen LogP) is 2.69. The van der Waals surface area contributed by atoms with Crippen molar-refractivity contribution in [2.24, 2.45) is 45.4 Å². The van der Waals surface area contributed by atoms with E-state index in [1.54, 1.807) is 0 Å². The molecule has 4 saturated carbocycles. The van der Waals surface area contributed by atoms with Crippen molar-refractivity contribution in [1.29, 1.82) is 0 Å². The van der Waals surface area contributed by atoms with Crippen LogP contribution in [0.25, 0.3) is 0 Å². The first-order chi connectivity index (χ1) is 12.4. The molecule has 0 aromatic rings. The molecule has 0 aliphatic heterocycles. The number of aliphatic hydroxyl groups excluding tert-OH is 2. The molecule has 0 heterocycles. The van der Waals surface area contributed by atoms with Crippen LogP contribution in [-0.4, -0.2) is 41.3 Å². The van der Waals surface area contributed by atoms with Gasteiger partial charge in [-0.3, -0.25) is 0 Å². The first-order valence-electron chi connectivity index (χ1n) is 10.6. The molecule has 4 N–H and O–H groups in total. The molecular weight excluding hydrogens is 328 g/mol. The second-order valence-electron chi connectivity index (χ2n) is 9.91. The fourth-order valence-corrected chi connectivity index (χ4v) is 7.35. The van der Waals surface area contributed by atoms with Gasteiger partial charge in [0.25, 0.3) is 0 Å². The third-order valence-electron chi connectivity index (χ3n) is 8.87. The maximum atomic E-state index is 11.1. The lowest BCUT2D eigenvalue weighted by Crippen LogP contribution is -2.58. The minimum atomic E-state index is -0.263. The van der Waals surface area contributed by atoms with Crippen LogP contribution < -0.4 is 5.73 Å². The SMILES string of the molecule is C[C@]12CC/C(=N/OCCN)CC1C(O)C[C@@H]1[C@H]2CC[C@]2(C)C(O)CC[C@@H]12. The van der Waals surface area contributed by atoms with Crippen molar-refractivity contribution >= 4 is 5.71 Å². The molecule has 5 nitrogen and oxygen atoms in total. The number of nitrogens with zero attached hydrogens (tertiary/aromatic N) is 1. The van der Waals surface area contributed by atoms with Gasteiger partial charge in [-0.2, -0.15) is 0 Å². The van der Waals surface area contributed by atoms with Crippen molar-refractivity contribution in [3.05, 3.63) is 0 Å². The highest BCUT2D eigenvalue weighted by Crippen LogP contribution is 2.65. The van der Waals surface area contributed by atoms with Crippen molar-refractivity contribution in [2.45, 2.75) is 77.4 Å². The number of aliphatic hydroxyl groups is 2. The van der Waals surface area contributed by atoms with Gasteiger partial charge in [0, 0.05) is 6.54 Å². The second kappa shape index (κ2) is 6.75. The quantitative estimate of drug-likeness (QED) is 0.531. The zero-order valence-electron chi connectivity index (χ0n) is 16.4. The molecule has 5 heteroatoms. The maximum absolute atomic E-state index is 11.1. The van der Waals surface area contributed by atoms with Crippen molar-refractivity contribution in [2.75, 3.05) is 13.2 Å². The largest absolute Gasteiger partial charge is 0.395 e. The van der Waals surface area contributed by atoms with Crippen LogP contribution >= 0.6 is 0 Å². The van der Waals surface area contributed by atoms with Gasteiger partial charge in [0.1, 0.15) is 6.61 Å². The van der Waals surface area contributed by atoms with Crippen LogP contribution in [0.1, 0.15) is 65.2 Å². The molecule has 0 aromatic heterocycles. The Kier molecular flexibility index (Phi) is 4.85.